The van der Waals surface area contributed by atoms with E-state index in [4.69, 9.17) is 10.00 Å². The smallest absolute Gasteiger partial charge is 0.410 e. The molecular weight excluding hydrogens is 283 g/mol. The van der Waals surface area contributed by atoms with Gasteiger partial charge in [-0.2, -0.15) is 5.26 Å². The van der Waals surface area contributed by atoms with Gasteiger partial charge < -0.3 is 9.64 Å². The number of hydrogen-bond donors (Lipinski definition) is 0. The minimum Gasteiger partial charge on any atom is -0.444 e. The Morgan fingerprint density at radius 3 is 2.59 bits per heavy atom. The van der Waals surface area contributed by atoms with Crippen molar-refractivity contribution in [3.63, 3.8) is 0 Å². The predicted molar refractivity (Wildman–Crippen MR) is 82.6 cm³/mol. The molecule has 1 amide bonds. The van der Waals surface area contributed by atoms with E-state index in [1.165, 1.54) is 11.0 Å². The highest BCUT2D eigenvalue weighted by molar-refractivity contribution is 5.68. The molecule has 0 aliphatic carbocycles. The second-order valence-corrected chi connectivity index (χ2v) is 6.49. The quantitative estimate of drug-likeness (QED) is 0.844. The maximum atomic E-state index is 14.0. The lowest BCUT2D eigenvalue weighted by Crippen LogP contribution is -2.38. The summed E-state index contributed by atoms with van der Waals surface area (Å²) in [6, 6.07) is 6.95. The first-order chi connectivity index (χ1) is 10.1. The zero-order chi connectivity index (χ0) is 16.9. The summed E-state index contributed by atoms with van der Waals surface area (Å²) in [5, 5.41) is 8.95. The number of rotatable bonds is 4. The second-order valence-electron chi connectivity index (χ2n) is 6.49. The van der Waals surface area contributed by atoms with E-state index in [1.807, 2.05) is 0 Å². The van der Waals surface area contributed by atoms with E-state index in [9.17, 15) is 9.18 Å². The third kappa shape index (κ3) is 5.72. The Labute approximate surface area is 131 Å². The zero-order valence-electron chi connectivity index (χ0n) is 13.8. The summed E-state index contributed by atoms with van der Waals surface area (Å²) < 4.78 is 19.3. The van der Waals surface area contributed by atoms with Crippen LogP contribution in [0.4, 0.5) is 9.18 Å². The molecule has 0 bridgehead atoms. The Hall–Kier alpha value is -2.09. The van der Waals surface area contributed by atoms with Crippen LogP contribution in [0.25, 0.3) is 0 Å². The Morgan fingerprint density at radius 2 is 2.09 bits per heavy atom. The predicted octanol–water partition coefficient (Wildman–Crippen LogP) is 4.03. The number of carbonyl (C=O) groups is 1. The summed E-state index contributed by atoms with van der Waals surface area (Å²) in [6.45, 7) is 9.08. The van der Waals surface area contributed by atoms with Crippen LogP contribution in [0.1, 0.15) is 38.8 Å². The third-order valence-electron chi connectivity index (χ3n) is 2.94. The number of halogens is 1. The average Bonchev–Trinajstić information content (AvgIpc) is 2.38. The Morgan fingerprint density at radius 1 is 1.45 bits per heavy atom. The first-order valence-corrected chi connectivity index (χ1v) is 7.25. The first kappa shape index (κ1) is 18.0. The molecule has 0 fully saturated rings. The highest BCUT2D eigenvalue weighted by Gasteiger charge is 2.24. The normalized spacial score (nSPS) is 12.4. The van der Waals surface area contributed by atoms with Crippen LogP contribution in [0.5, 0.6) is 0 Å². The van der Waals surface area contributed by atoms with Gasteiger partial charge in [0.2, 0.25) is 0 Å². The lowest BCUT2D eigenvalue weighted by Gasteiger charge is -2.28. The molecular formula is C17H23FN2O2. The number of aryl methyl sites for hydroxylation is 1. The van der Waals surface area contributed by atoms with Gasteiger partial charge in [0.25, 0.3) is 0 Å². The van der Waals surface area contributed by atoms with Gasteiger partial charge in [0.1, 0.15) is 11.4 Å². The van der Waals surface area contributed by atoms with Crippen LogP contribution in [0, 0.1) is 30.0 Å². The van der Waals surface area contributed by atoms with E-state index in [1.54, 1.807) is 46.8 Å². The van der Waals surface area contributed by atoms with Gasteiger partial charge in [-0.1, -0.05) is 12.1 Å². The van der Waals surface area contributed by atoms with Crippen molar-refractivity contribution in [2.75, 3.05) is 6.54 Å². The molecule has 0 aromatic heterocycles. The van der Waals surface area contributed by atoms with Crippen LogP contribution < -0.4 is 0 Å². The molecule has 120 valence electrons. The molecule has 0 radical (unpaired) electrons. The lowest BCUT2D eigenvalue weighted by atomic mass is 10.1. The van der Waals surface area contributed by atoms with Crippen LogP contribution in [0.2, 0.25) is 0 Å². The van der Waals surface area contributed by atoms with Crippen molar-refractivity contribution < 1.29 is 13.9 Å². The van der Waals surface area contributed by atoms with Gasteiger partial charge in [-0.05, 0) is 46.2 Å². The van der Waals surface area contributed by atoms with Crippen LogP contribution in [-0.4, -0.2) is 23.1 Å². The van der Waals surface area contributed by atoms with Crippen molar-refractivity contribution in [1.82, 2.24) is 4.90 Å². The van der Waals surface area contributed by atoms with E-state index >= 15 is 0 Å². The molecule has 1 rings (SSSR count). The largest absolute Gasteiger partial charge is 0.444 e. The average molecular weight is 306 g/mol. The van der Waals surface area contributed by atoms with Gasteiger partial charge in [-0.15, -0.1) is 0 Å². The number of nitrogens with zero attached hydrogens (tertiary/aromatic N) is 2. The van der Waals surface area contributed by atoms with Crippen molar-refractivity contribution in [3.05, 3.63) is 35.1 Å². The zero-order valence-corrected chi connectivity index (χ0v) is 13.8. The summed E-state index contributed by atoms with van der Waals surface area (Å²) in [4.78, 5) is 13.6. The minimum absolute atomic E-state index is 0.0764. The van der Waals surface area contributed by atoms with Crippen LogP contribution in [0.3, 0.4) is 0 Å². The molecule has 0 aliphatic rings. The maximum absolute atomic E-state index is 14.0. The fourth-order valence-corrected chi connectivity index (χ4v) is 1.89. The Bertz CT molecular complexity index is 573. The molecule has 1 aromatic rings. The minimum atomic E-state index is -0.642. The molecule has 5 heteroatoms. The van der Waals surface area contributed by atoms with Crippen molar-refractivity contribution in [1.29, 1.82) is 5.26 Å². The molecule has 0 saturated heterocycles. The Kier molecular flexibility index (Phi) is 5.92. The molecule has 4 nitrogen and oxygen atoms in total. The number of ether oxygens (including phenoxy) is 1. The SMILES string of the molecule is Cc1ccc(CN(CC(C)C#N)C(=O)OC(C)(C)C)c(F)c1. The highest BCUT2D eigenvalue weighted by atomic mass is 19.1. The standard InChI is InChI=1S/C17H23FN2O2/c1-12-6-7-14(15(18)8-12)11-20(10-13(2)9-19)16(21)22-17(3,4)5/h6-8,13H,10-11H2,1-5H3. The second kappa shape index (κ2) is 7.26. The number of nitriles is 1. The number of benzene rings is 1. The number of amides is 1. The van der Waals surface area contributed by atoms with Crippen LogP contribution >= 0.6 is 0 Å². The summed E-state index contributed by atoms with van der Waals surface area (Å²) in [7, 11) is 0. The van der Waals surface area contributed by atoms with Crippen molar-refractivity contribution >= 4 is 6.09 Å². The van der Waals surface area contributed by atoms with Crippen molar-refractivity contribution in [3.8, 4) is 6.07 Å². The van der Waals surface area contributed by atoms with E-state index in [0.29, 0.717) is 5.56 Å². The van der Waals surface area contributed by atoms with Gasteiger partial charge in [-0.3, -0.25) is 0 Å². The maximum Gasteiger partial charge on any atom is 0.410 e. The highest BCUT2D eigenvalue weighted by Crippen LogP contribution is 2.17. The van der Waals surface area contributed by atoms with E-state index in [0.717, 1.165) is 5.56 Å². The molecule has 1 unspecified atom stereocenters. The van der Waals surface area contributed by atoms with E-state index in [-0.39, 0.29) is 24.8 Å². The molecule has 0 aliphatic heterocycles. The summed E-state index contributed by atoms with van der Waals surface area (Å²) >= 11 is 0. The lowest BCUT2D eigenvalue weighted by molar-refractivity contribution is 0.0217. The van der Waals surface area contributed by atoms with Gasteiger partial charge in [0.15, 0.2) is 0 Å². The number of hydrogen-bond acceptors (Lipinski definition) is 3. The molecule has 1 atom stereocenters. The van der Waals surface area contributed by atoms with Gasteiger partial charge in [0, 0.05) is 12.1 Å². The monoisotopic (exact) mass is 306 g/mol. The summed E-state index contributed by atoms with van der Waals surface area (Å²) in [6.07, 6.45) is -0.547. The van der Waals surface area contributed by atoms with Crippen LogP contribution in [0.15, 0.2) is 18.2 Å². The molecule has 22 heavy (non-hydrogen) atoms. The first-order valence-electron chi connectivity index (χ1n) is 7.25. The fraction of sp³-hybridized carbons (Fsp3) is 0.529. The Balaban J connectivity index is 2.95. The van der Waals surface area contributed by atoms with Gasteiger partial charge in [-0.25, -0.2) is 9.18 Å². The van der Waals surface area contributed by atoms with Gasteiger partial charge in [0.05, 0.1) is 18.5 Å². The molecule has 0 spiro atoms. The third-order valence-corrected chi connectivity index (χ3v) is 2.94. The van der Waals surface area contributed by atoms with Gasteiger partial charge >= 0.3 is 6.09 Å². The van der Waals surface area contributed by atoms with E-state index in [2.05, 4.69) is 6.07 Å². The summed E-state index contributed by atoms with van der Waals surface area (Å²) in [5.74, 6) is -0.723. The van der Waals surface area contributed by atoms with E-state index < -0.39 is 11.7 Å². The topological polar surface area (TPSA) is 53.3 Å². The molecule has 0 N–H and O–H groups in total. The van der Waals surface area contributed by atoms with Crippen molar-refractivity contribution in [2.24, 2.45) is 5.92 Å². The summed E-state index contributed by atoms with van der Waals surface area (Å²) in [5.41, 5.74) is 0.578. The molecule has 0 heterocycles. The van der Waals surface area contributed by atoms with Crippen molar-refractivity contribution in [2.45, 2.75) is 46.8 Å². The molecule has 0 saturated carbocycles. The van der Waals surface area contributed by atoms with Crippen LogP contribution in [-0.2, 0) is 11.3 Å². The number of carbonyl (C=O) groups excluding carboxylic acids is 1. The fourth-order valence-electron chi connectivity index (χ4n) is 1.89. The molecule has 1 aromatic carbocycles.